The monoisotopic (exact) mass is 254 g/mol. The maximum atomic E-state index is 5.48. The summed E-state index contributed by atoms with van der Waals surface area (Å²) in [5, 5.41) is 0. The highest BCUT2D eigenvalue weighted by atomic mass is 127. The third-order valence-electron chi connectivity index (χ3n) is 2.51. The summed E-state index contributed by atoms with van der Waals surface area (Å²) in [5.41, 5.74) is 0.165. The van der Waals surface area contributed by atoms with Crippen LogP contribution in [0.15, 0.2) is 0 Å². The largest absolute Gasteiger partial charge is 0.377 e. The predicted molar refractivity (Wildman–Crippen MR) is 51.7 cm³/mol. The van der Waals surface area contributed by atoms with Crippen LogP contribution in [0.2, 0.25) is 0 Å². The first-order valence-corrected chi connectivity index (χ1v) is 5.13. The molecule has 2 heteroatoms. The smallest absolute Gasteiger partial charge is 0.0767 e. The number of rotatable bonds is 1. The van der Waals surface area contributed by atoms with Gasteiger partial charge in [0.25, 0.3) is 0 Å². The zero-order chi connectivity index (χ0) is 7.61. The van der Waals surface area contributed by atoms with E-state index in [4.69, 9.17) is 4.74 Å². The molecule has 0 aromatic rings. The fourth-order valence-corrected chi connectivity index (χ4v) is 2.50. The zero-order valence-corrected chi connectivity index (χ0v) is 8.85. The van der Waals surface area contributed by atoms with Crippen molar-refractivity contribution in [3.05, 3.63) is 0 Å². The molecule has 0 aliphatic heterocycles. The minimum Gasteiger partial charge on any atom is -0.377 e. The molecule has 0 saturated heterocycles. The van der Waals surface area contributed by atoms with E-state index in [0.29, 0.717) is 3.92 Å². The molecular weight excluding hydrogens is 239 g/mol. The molecule has 1 rings (SSSR count). The van der Waals surface area contributed by atoms with Crippen molar-refractivity contribution >= 4 is 22.6 Å². The van der Waals surface area contributed by atoms with Gasteiger partial charge in [-0.3, -0.25) is 0 Å². The first-order chi connectivity index (χ1) is 4.69. The van der Waals surface area contributed by atoms with Crippen molar-refractivity contribution in [1.29, 1.82) is 0 Å². The van der Waals surface area contributed by atoms with Crippen molar-refractivity contribution in [3.8, 4) is 0 Å². The molecular formula is C8H15IO. The minimum absolute atomic E-state index is 0.165. The number of ether oxygens (including phenoxy) is 1. The van der Waals surface area contributed by atoms with Gasteiger partial charge in [-0.25, -0.2) is 0 Å². The second-order valence-corrected chi connectivity index (χ2v) is 4.73. The Kier molecular flexibility index (Phi) is 2.98. The summed E-state index contributed by atoms with van der Waals surface area (Å²) in [6.45, 7) is 2.23. The maximum Gasteiger partial charge on any atom is 0.0767 e. The molecule has 1 fully saturated rings. The quantitative estimate of drug-likeness (QED) is 0.516. The van der Waals surface area contributed by atoms with E-state index in [1.807, 2.05) is 7.11 Å². The topological polar surface area (TPSA) is 9.23 Å². The van der Waals surface area contributed by atoms with Crippen molar-refractivity contribution < 1.29 is 4.74 Å². The molecule has 0 radical (unpaired) electrons. The van der Waals surface area contributed by atoms with Crippen LogP contribution in [0.5, 0.6) is 0 Å². The molecule has 1 aliphatic carbocycles. The Morgan fingerprint density at radius 3 is 2.60 bits per heavy atom. The summed E-state index contributed by atoms with van der Waals surface area (Å²) >= 11 is 2.51. The normalized spacial score (nSPS) is 41.7. The van der Waals surface area contributed by atoms with Gasteiger partial charge >= 0.3 is 0 Å². The second-order valence-electron chi connectivity index (χ2n) is 3.23. The Bertz CT molecular complexity index is 116. The highest BCUT2D eigenvalue weighted by Gasteiger charge is 2.34. The number of hydrogen-bond donors (Lipinski definition) is 0. The van der Waals surface area contributed by atoms with Gasteiger partial charge in [0, 0.05) is 11.0 Å². The van der Waals surface area contributed by atoms with Crippen molar-refractivity contribution in [2.75, 3.05) is 7.11 Å². The van der Waals surface area contributed by atoms with Crippen LogP contribution >= 0.6 is 22.6 Å². The molecule has 0 heterocycles. The van der Waals surface area contributed by atoms with E-state index in [-0.39, 0.29) is 5.60 Å². The second kappa shape index (κ2) is 3.39. The molecule has 1 saturated carbocycles. The van der Waals surface area contributed by atoms with Crippen molar-refractivity contribution in [2.24, 2.45) is 0 Å². The summed E-state index contributed by atoms with van der Waals surface area (Å²) in [6.07, 6.45) is 5.28. The fourth-order valence-electron chi connectivity index (χ4n) is 1.49. The van der Waals surface area contributed by atoms with Gasteiger partial charge in [-0.2, -0.15) is 0 Å². The lowest BCUT2D eigenvalue weighted by Crippen LogP contribution is -2.39. The Morgan fingerprint density at radius 1 is 1.50 bits per heavy atom. The lowest BCUT2D eigenvalue weighted by atomic mass is 9.86. The van der Waals surface area contributed by atoms with Crippen LogP contribution in [-0.2, 0) is 4.74 Å². The van der Waals surface area contributed by atoms with E-state index in [0.717, 1.165) is 0 Å². The number of alkyl halides is 1. The Hall–Kier alpha value is 0.690. The van der Waals surface area contributed by atoms with Crippen LogP contribution in [0.25, 0.3) is 0 Å². The Morgan fingerprint density at radius 2 is 2.20 bits per heavy atom. The highest BCUT2D eigenvalue weighted by molar-refractivity contribution is 14.1. The van der Waals surface area contributed by atoms with Crippen LogP contribution in [0.4, 0.5) is 0 Å². The molecule has 0 unspecified atom stereocenters. The molecule has 0 aromatic heterocycles. The molecule has 60 valence electrons. The summed E-state index contributed by atoms with van der Waals surface area (Å²) in [5.74, 6) is 0. The van der Waals surface area contributed by atoms with Gasteiger partial charge in [0.1, 0.15) is 0 Å². The number of halogens is 1. The van der Waals surface area contributed by atoms with Crippen LogP contribution in [0.3, 0.4) is 0 Å². The van der Waals surface area contributed by atoms with Gasteiger partial charge in [0.05, 0.1) is 5.60 Å². The Labute approximate surface area is 76.7 Å². The number of hydrogen-bond acceptors (Lipinski definition) is 1. The van der Waals surface area contributed by atoms with Crippen LogP contribution in [0, 0.1) is 0 Å². The lowest BCUT2D eigenvalue weighted by molar-refractivity contribution is -0.0134. The van der Waals surface area contributed by atoms with Crippen molar-refractivity contribution in [1.82, 2.24) is 0 Å². The molecule has 0 amide bonds. The molecule has 10 heavy (non-hydrogen) atoms. The molecule has 1 aliphatic rings. The van der Waals surface area contributed by atoms with Crippen LogP contribution in [-0.4, -0.2) is 16.6 Å². The van der Waals surface area contributed by atoms with Crippen molar-refractivity contribution in [2.45, 2.75) is 42.1 Å². The van der Waals surface area contributed by atoms with E-state index >= 15 is 0 Å². The summed E-state index contributed by atoms with van der Waals surface area (Å²) in [4.78, 5) is 0. The number of methoxy groups -OCH3 is 1. The van der Waals surface area contributed by atoms with Gasteiger partial charge in [-0.1, -0.05) is 35.4 Å². The van der Waals surface area contributed by atoms with Gasteiger partial charge in [0.15, 0.2) is 0 Å². The first kappa shape index (κ1) is 8.78. The van der Waals surface area contributed by atoms with Gasteiger partial charge in [0.2, 0.25) is 0 Å². The van der Waals surface area contributed by atoms with E-state index in [2.05, 4.69) is 29.5 Å². The highest BCUT2D eigenvalue weighted by Crippen LogP contribution is 2.35. The van der Waals surface area contributed by atoms with E-state index < -0.39 is 0 Å². The van der Waals surface area contributed by atoms with Crippen LogP contribution < -0.4 is 0 Å². The summed E-state index contributed by atoms with van der Waals surface area (Å²) < 4.78 is 6.20. The molecule has 0 aromatic carbocycles. The summed E-state index contributed by atoms with van der Waals surface area (Å²) in [6, 6.07) is 0. The standard InChI is InChI=1S/C8H15IO/c1-8(10-2)6-4-3-5-7(8)9/h7H,3-6H2,1-2H3/t7-,8-/m1/s1. The molecule has 0 spiro atoms. The SMILES string of the molecule is CO[C@]1(C)CCCC[C@H]1I. The average Bonchev–Trinajstić information content (AvgIpc) is 1.96. The lowest BCUT2D eigenvalue weighted by Gasteiger charge is -2.37. The van der Waals surface area contributed by atoms with Gasteiger partial charge < -0.3 is 4.74 Å². The van der Waals surface area contributed by atoms with Crippen molar-refractivity contribution in [3.63, 3.8) is 0 Å². The average molecular weight is 254 g/mol. The minimum atomic E-state index is 0.165. The maximum absolute atomic E-state index is 5.48. The van der Waals surface area contributed by atoms with E-state index in [9.17, 15) is 0 Å². The molecule has 0 N–H and O–H groups in total. The third kappa shape index (κ3) is 1.64. The predicted octanol–water partition coefficient (Wildman–Crippen LogP) is 2.77. The summed E-state index contributed by atoms with van der Waals surface area (Å²) in [7, 11) is 1.83. The fraction of sp³-hybridized carbons (Fsp3) is 1.00. The van der Waals surface area contributed by atoms with E-state index in [1.165, 1.54) is 25.7 Å². The van der Waals surface area contributed by atoms with Gasteiger partial charge in [-0.15, -0.1) is 0 Å². The van der Waals surface area contributed by atoms with Crippen LogP contribution in [0.1, 0.15) is 32.6 Å². The Balaban J connectivity index is 2.54. The third-order valence-corrected chi connectivity index (χ3v) is 4.45. The molecule has 0 bridgehead atoms. The molecule has 2 atom stereocenters. The zero-order valence-electron chi connectivity index (χ0n) is 6.69. The molecule has 1 nitrogen and oxygen atoms in total. The van der Waals surface area contributed by atoms with E-state index in [1.54, 1.807) is 0 Å². The van der Waals surface area contributed by atoms with Gasteiger partial charge in [-0.05, 0) is 19.8 Å². The first-order valence-electron chi connectivity index (χ1n) is 3.88.